The number of rotatable bonds is 4. The number of nitrogens with zero attached hydrogens (tertiary/aromatic N) is 2. The fraction of sp³-hybridized carbons (Fsp3) is 0.0588. The Labute approximate surface area is 169 Å². The Morgan fingerprint density at radius 3 is 2.60 bits per heavy atom. The Balaban J connectivity index is 1.68. The van der Waals surface area contributed by atoms with Gasteiger partial charge in [0, 0.05) is 21.9 Å². The topological polar surface area (TPSA) is 41.9 Å². The zero-order chi connectivity index (χ0) is 17.8. The number of benzene rings is 2. The Morgan fingerprint density at radius 1 is 1.12 bits per heavy atom. The third-order valence-electron chi connectivity index (χ3n) is 3.33. The first-order valence-electron chi connectivity index (χ1n) is 7.31. The quantitative estimate of drug-likeness (QED) is 0.487. The summed E-state index contributed by atoms with van der Waals surface area (Å²) in [6, 6.07) is 15.1. The summed E-state index contributed by atoms with van der Waals surface area (Å²) in [4.78, 5) is 0. The van der Waals surface area contributed by atoms with Gasteiger partial charge >= 0.3 is 0 Å². The molecule has 2 aromatic carbocycles. The molecule has 0 atom stereocenters. The molecule has 25 heavy (non-hydrogen) atoms. The monoisotopic (exact) mass is 454 g/mol. The van der Waals surface area contributed by atoms with Gasteiger partial charge in [0.2, 0.25) is 0 Å². The van der Waals surface area contributed by atoms with E-state index in [0.717, 1.165) is 15.7 Å². The van der Waals surface area contributed by atoms with E-state index in [1.54, 1.807) is 16.8 Å². The van der Waals surface area contributed by atoms with E-state index in [4.69, 9.17) is 35.4 Å². The molecule has 0 bridgehead atoms. The van der Waals surface area contributed by atoms with Crippen LogP contribution in [0.2, 0.25) is 10.0 Å². The Kier molecular flexibility index (Phi) is 5.96. The van der Waals surface area contributed by atoms with Gasteiger partial charge in [-0.25, -0.2) is 0 Å². The van der Waals surface area contributed by atoms with Crippen molar-refractivity contribution >= 4 is 68.0 Å². The second-order valence-electron chi connectivity index (χ2n) is 5.20. The number of anilines is 2. The van der Waals surface area contributed by atoms with E-state index < -0.39 is 0 Å². The second-order valence-corrected chi connectivity index (χ2v) is 7.31. The highest BCUT2D eigenvalue weighted by Gasteiger charge is 2.10. The molecule has 0 aliphatic heterocycles. The van der Waals surface area contributed by atoms with Crippen molar-refractivity contribution in [3.8, 4) is 0 Å². The van der Waals surface area contributed by atoms with Crippen LogP contribution >= 0.6 is 51.3 Å². The molecule has 0 aliphatic rings. The van der Waals surface area contributed by atoms with Gasteiger partial charge in [0.1, 0.15) is 0 Å². The molecule has 1 aromatic heterocycles. The Morgan fingerprint density at radius 2 is 1.88 bits per heavy atom. The van der Waals surface area contributed by atoms with E-state index in [1.165, 1.54) is 0 Å². The zero-order valence-electron chi connectivity index (χ0n) is 12.8. The maximum Gasteiger partial charge on any atom is 0.176 e. The zero-order valence-corrected chi connectivity index (χ0v) is 16.8. The van der Waals surface area contributed by atoms with E-state index >= 15 is 0 Å². The van der Waals surface area contributed by atoms with Crippen LogP contribution < -0.4 is 10.6 Å². The van der Waals surface area contributed by atoms with Gasteiger partial charge in [-0.05, 0) is 58.0 Å². The van der Waals surface area contributed by atoms with Gasteiger partial charge in [-0.1, -0.05) is 47.5 Å². The maximum atomic E-state index is 6.22. The molecule has 0 unspecified atom stereocenters. The summed E-state index contributed by atoms with van der Waals surface area (Å²) in [7, 11) is 0. The van der Waals surface area contributed by atoms with Gasteiger partial charge in [-0.3, -0.25) is 4.68 Å². The normalized spacial score (nSPS) is 10.5. The van der Waals surface area contributed by atoms with Crippen LogP contribution in [0.25, 0.3) is 0 Å². The van der Waals surface area contributed by atoms with Gasteiger partial charge in [0.15, 0.2) is 10.9 Å². The smallest absolute Gasteiger partial charge is 0.176 e. The number of nitrogens with one attached hydrogen (secondary N) is 2. The predicted molar refractivity (Wildman–Crippen MR) is 112 cm³/mol. The molecule has 8 heteroatoms. The van der Waals surface area contributed by atoms with Gasteiger partial charge < -0.3 is 10.6 Å². The lowest BCUT2D eigenvalue weighted by atomic mass is 10.2. The maximum absolute atomic E-state index is 6.22. The summed E-state index contributed by atoms with van der Waals surface area (Å²) in [6.07, 6.45) is 1.86. The predicted octanol–water partition coefficient (Wildman–Crippen LogP) is 5.81. The summed E-state index contributed by atoms with van der Waals surface area (Å²) < 4.78 is 2.57. The summed E-state index contributed by atoms with van der Waals surface area (Å²) in [5.74, 6) is 0.624. The van der Waals surface area contributed by atoms with Crippen LogP contribution in [0.5, 0.6) is 0 Å². The summed E-state index contributed by atoms with van der Waals surface area (Å²) >= 11 is 21.0. The highest BCUT2D eigenvalue weighted by atomic mass is 79.9. The number of aromatic nitrogens is 2. The molecule has 0 radical (unpaired) electrons. The molecule has 2 N–H and O–H groups in total. The lowest BCUT2D eigenvalue weighted by molar-refractivity contribution is 0.690. The molecule has 4 nitrogen and oxygen atoms in total. The number of halogens is 3. The molecule has 1 heterocycles. The molecule has 0 fully saturated rings. The Hall–Kier alpha value is -1.60. The average molecular weight is 456 g/mol. The van der Waals surface area contributed by atoms with Crippen molar-refractivity contribution in [1.29, 1.82) is 0 Å². The van der Waals surface area contributed by atoms with Crippen molar-refractivity contribution in [2.24, 2.45) is 0 Å². The molecule has 3 aromatic rings. The van der Waals surface area contributed by atoms with Crippen LogP contribution in [0.4, 0.5) is 11.5 Å². The summed E-state index contributed by atoms with van der Waals surface area (Å²) in [5, 5.41) is 12.3. The van der Waals surface area contributed by atoms with E-state index in [2.05, 4.69) is 31.7 Å². The third kappa shape index (κ3) is 4.95. The molecule has 128 valence electrons. The van der Waals surface area contributed by atoms with E-state index in [1.807, 2.05) is 42.6 Å². The number of thiocarbonyl (C=S) groups is 1. The second kappa shape index (κ2) is 8.19. The minimum absolute atomic E-state index is 0.460. The van der Waals surface area contributed by atoms with E-state index in [-0.39, 0.29) is 0 Å². The molecule has 0 amide bonds. The third-order valence-corrected chi connectivity index (χ3v) is 4.70. The number of hydrogen-bond donors (Lipinski definition) is 2. The van der Waals surface area contributed by atoms with E-state index in [0.29, 0.717) is 27.5 Å². The molecular formula is C17H13BrCl2N4S. The lowest BCUT2D eigenvalue weighted by Gasteiger charge is -2.09. The van der Waals surface area contributed by atoms with Crippen LogP contribution in [0.1, 0.15) is 5.56 Å². The first-order chi connectivity index (χ1) is 12.0. The number of hydrogen-bond acceptors (Lipinski definition) is 2. The van der Waals surface area contributed by atoms with Crippen LogP contribution in [0.15, 0.2) is 59.2 Å². The Bertz CT molecular complexity index is 899. The van der Waals surface area contributed by atoms with Crippen LogP contribution in [-0.2, 0) is 6.54 Å². The van der Waals surface area contributed by atoms with Gasteiger partial charge in [-0.2, -0.15) is 5.10 Å². The van der Waals surface area contributed by atoms with Gasteiger partial charge in [0.25, 0.3) is 0 Å². The summed E-state index contributed by atoms with van der Waals surface area (Å²) in [5.41, 5.74) is 1.83. The minimum Gasteiger partial charge on any atom is -0.332 e. The first kappa shape index (κ1) is 18.2. The van der Waals surface area contributed by atoms with Gasteiger partial charge in [-0.15, -0.1) is 0 Å². The van der Waals surface area contributed by atoms with Crippen molar-refractivity contribution in [3.05, 3.63) is 74.8 Å². The summed E-state index contributed by atoms with van der Waals surface area (Å²) in [6.45, 7) is 0.523. The van der Waals surface area contributed by atoms with Crippen molar-refractivity contribution in [2.75, 3.05) is 10.6 Å². The standard InChI is InChI=1S/C17H13BrCl2N4S/c18-14-10-24(9-11-6-7-12(19)8-15(11)20)23-16(14)22-17(25)21-13-4-2-1-3-5-13/h1-8,10H,9H2,(H2,21,22,23,25). The molecule has 0 aliphatic carbocycles. The molecular weight excluding hydrogens is 443 g/mol. The van der Waals surface area contributed by atoms with Crippen LogP contribution in [0.3, 0.4) is 0 Å². The molecule has 0 spiro atoms. The molecule has 0 saturated heterocycles. The van der Waals surface area contributed by atoms with Crippen LogP contribution in [-0.4, -0.2) is 14.9 Å². The fourth-order valence-corrected chi connectivity index (χ4v) is 3.28. The van der Waals surface area contributed by atoms with Crippen LogP contribution in [0, 0.1) is 0 Å². The van der Waals surface area contributed by atoms with Crippen molar-refractivity contribution in [3.63, 3.8) is 0 Å². The highest BCUT2D eigenvalue weighted by molar-refractivity contribution is 9.10. The SMILES string of the molecule is S=C(Nc1ccccc1)Nc1nn(Cc2ccc(Cl)cc2Cl)cc1Br. The largest absolute Gasteiger partial charge is 0.332 e. The lowest BCUT2D eigenvalue weighted by Crippen LogP contribution is -2.19. The number of para-hydroxylation sites is 1. The van der Waals surface area contributed by atoms with E-state index in [9.17, 15) is 0 Å². The highest BCUT2D eigenvalue weighted by Crippen LogP contribution is 2.24. The van der Waals surface area contributed by atoms with Crippen molar-refractivity contribution in [1.82, 2.24) is 9.78 Å². The van der Waals surface area contributed by atoms with Crippen molar-refractivity contribution < 1.29 is 0 Å². The minimum atomic E-state index is 0.460. The van der Waals surface area contributed by atoms with Gasteiger partial charge in [0.05, 0.1) is 11.0 Å². The fourth-order valence-electron chi connectivity index (χ4n) is 2.18. The van der Waals surface area contributed by atoms with Crippen molar-refractivity contribution in [2.45, 2.75) is 6.54 Å². The molecule has 0 saturated carbocycles. The average Bonchev–Trinajstić information content (AvgIpc) is 2.90. The first-order valence-corrected chi connectivity index (χ1v) is 9.27. The molecule has 3 rings (SSSR count).